The van der Waals surface area contributed by atoms with Gasteiger partial charge in [-0.1, -0.05) is 62.7 Å². The van der Waals surface area contributed by atoms with Crippen LogP contribution in [0.4, 0.5) is 5.69 Å². The SMILES string of the molecule is CCCCN(Cc1ccccc1)C(=S)Nc1cccc(CC)c1. The van der Waals surface area contributed by atoms with Gasteiger partial charge in [0.2, 0.25) is 0 Å². The molecule has 2 aromatic rings. The number of benzene rings is 2. The van der Waals surface area contributed by atoms with Gasteiger partial charge in [-0.15, -0.1) is 0 Å². The van der Waals surface area contributed by atoms with E-state index in [1.165, 1.54) is 17.5 Å². The summed E-state index contributed by atoms with van der Waals surface area (Å²) in [6.45, 7) is 6.20. The van der Waals surface area contributed by atoms with Crippen molar-refractivity contribution >= 4 is 23.0 Å². The Labute approximate surface area is 145 Å². The number of unbranched alkanes of at least 4 members (excludes halogenated alkanes) is 1. The summed E-state index contributed by atoms with van der Waals surface area (Å²) in [6.07, 6.45) is 3.34. The lowest BCUT2D eigenvalue weighted by atomic mass is 10.1. The molecule has 0 aliphatic carbocycles. The van der Waals surface area contributed by atoms with E-state index in [9.17, 15) is 0 Å². The fourth-order valence-corrected chi connectivity index (χ4v) is 2.75. The number of rotatable bonds is 7. The molecule has 0 saturated carbocycles. The molecule has 3 heteroatoms. The predicted molar refractivity (Wildman–Crippen MR) is 104 cm³/mol. The van der Waals surface area contributed by atoms with E-state index in [1.54, 1.807) is 0 Å². The highest BCUT2D eigenvalue weighted by molar-refractivity contribution is 7.80. The topological polar surface area (TPSA) is 15.3 Å². The normalized spacial score (nSPS) is 10.3. The molecular weight excluding hydrogens is 300 g/mol. The fourth-order valence-electron chi connectivity index (χ4n) is 2.48. The summed E-state index contributed by atoms with van der Waals surface area (Å²) in [5.41, 5.74) is 3.68. The Kier molecular flexibility index (Phi) is 7.08. The first-order valence-corrected chi connectivity index (χ1v) is 8.82. The molecule has 122 valence electrons. The van der Waals surface area contributed by atoms with Crippen molar-refractivity contribution in [3.05, 3.63) is 65.7 Å². The summed E-state index contributed by atoms with van der Waals surface area (Å²) < 4.78 is 0. The van der Waals surface area contributed by atoms with Crippen LogP contribution in [0.15, 0.2) is 54.6 Å². The van der Waals surface area contributed by atoms with E-state index in [0.717, 1.165) is 36.7 Å². The molecule has 0 fully saturated rings. The highest BCUT2D eigenvalue weighted by atomic mass is 32.1. The number of hydrogen-bond donors (Lipinski definition) is 1. The lowest BCUT2D eigenvalue weighted by molar-refractivity contribution is 0.408. The van der Waals surface area contributed by atoms with Crippen molar-refractivity contribution in [1.82, 2.24) is 4.90 Å². The van der Waals surface area contributed by atoms with Crippen LogP contribution in [0.3, 0.4) is 0 Å². The Balaban J connectivity index is 2.06. The molecule has 0 saturated heterocycles. The van der Waals surface area contributed by atoms with Crippen molar-refractivity contribution in [2.75, 3.05) is 11.9 Å². The Morgan fingerprint density at radius 1 is 1.00 bits per heavy atom. The van der Waals surface area contributed by atoms with E-state index in [0.29, 0.717) is 0 Å². The molecule has 0 aromatic heterocycles. The van der Waals surface area contributed by atoms with Crippen LogP contribution in [0.5, 0.6) is 0 Å². The van der Waals surface area contributed by atoms with Crippen LogP contribution in [0.1, 0.15) is 37.8 Å². The van der Waals surface area contributed by atoms with Crippen LogP contribution in [0.2, 0.25) is 0 Å². The van der Waals surface area contributed by atoms with E-state index in [-0.39, 0.29) is 0 Å². The van der Waals surface area contributed by atoms with Crippen LogP contribution in [0, 0.1) is 0 Å². The molecule has 2 rings (SSSR count). The number of aryl methyl sites for hydroxylation is 1. The van der Waals surface area contributed by atoms with Gasteiger partial charge in [-0.25, -0.2) is 0 Å². The van der Waals surface area contributed by atoms with Crippen molar-refractivity contribution < 1.29 is 0 Å². The zero-order chi connectivity index (χ0) is 16.5. The Hall–Kier alpha value is -1.87. The molecule has 0 aliphatic heterocycles. The monoisotopic (exact) mass is 326 g/mol. The Bertz CT molecular complexity index is 610. The molecule has 2 nitrogen and oxygen atoms in total. The highest BCUT2D eigenvalue weighted by Gasteiger charge is 2.10. The Morgan fingerprint density at radius 3 is 2.43 bits per heavy atom. The molecule has 0 atom stereocenters. The predicted octanol–water partition coefficient (Wildman–Crippen LogP) is 5.25. The third kappa shape index (κ3) is 5.68. The molecule has 2 aromatic carbocycles. The van der Waals surface area contributed by atoms with Gasteiger partial charge in [-0.3, -0.25) is 0 Å². The number of nitrogens with zero attached hydrogens (tertiary/aromatic N) is 1. The standard InChI is InChI=1S/C20H26N2S/c1-3-5-14-22(16-18-10-7-6-8-11-18)20(23)21-19-13-9-12-17(4-2)15-19/h6-13,15H,3-5,14,16H2,1-2H3,(H,21,23). The Morgan fingerprint density at radius 2 is 1.74 bits per heavy atom. The summed E-state index contributed by atoms with van der Waals surface area (Å²) in [5, 5.41) is 4.20. The van der Waals surface area contributed by atoms with E-state index < -0.39 is 0 Å². The van der Waals surface area contributed by atoms with Crippen LogP contribution in [-0.4, -0.2) is 16.6 Å². The molecule has 0 unspecified atom stereocenters. The van der Waals surface area contributed by atoms with E-state index in [2.05, 4.69) is 72.6 Å². The first-order chi connectivity index (χ1) is 11.2. The van der Waals surface area contributed by atoms with Gasteiger partial charge in [0, 0.05) is 18.8 Å². The van der Waals surface area contributed by atoms with Gasteiger partial charge in [0.15, 0.2) is 5.11 Å². The van der Waals surface area contributed by atoms with Gasteiger partial charge in [0.05, 0.1) is 0 Å². The van der Waals surface area contributed by atoms with Gasteiger partial charge >= 0.3 is 0 Å². The maximum absolute atomic E-state index is 5.66. The lowest BCUT2D eigenvalue weighted by Gasteiger charge is -2.26. The van der Waals surface area contributed by atoms with Crippen LogP contribution in [-0.2, 0) is 13.0 Å². The minimum Gasteiger partial charge on any atom is -0.345 e. The smallest absolute Gasteiger partial charge is 0.173 e. The van der Waals surface area contributed by atoms with Crippen molar-refractivity contribution in [1.29, 1.82) is 0 Å². The molecule has 0 amide bonds. The molecule has 0 bridgehead atoms. The quantitative estimate of drug-likeness (QED) is 0.700. The number of anilines is 1. The summed E-state index contributed by atoms with van der Waals surface area (Å²) in [6, 6.07) is 19.0. The average molecular weight is 327 g/mol. The second kappa shape index (κ2) is 9.31. The molecule has 23 heavy (non-hydrogen) atoms. The van der Waals surface area contributed by atoms with Crippen molar-refractivity contribution in [2.45, 2.75) is 39.7 Å². The second-order valence-corrected chi connectivity index (χ2v) is 6.13. The molecule has 1 N–H and O–H groups in total. The molecule has 0 radical (unpaired) electrons. The first kappa shape index (κ1) is 17.5. The summed E-state index contributed by atoms with van der Waals surface area (Å²) in [5.74, 6) is 0. The van der Waals surface area contributed by atoms with E-state index in [4.69, 9.17) is 12.2 Å². The number of hydrogen-bond acceptors (Lipinski definition) is 1. The summed E-state index contributed by atoms with van der Waals surface area (Å²) in [4.78, 5) is 2.26. The number of nitrogens with one attached hydrogen (secondary N) is 1. The van der Waals surface area contributed by atoms with Crippen molar-refractivity contribution in [3.8, 4) is 0 Å². The minimum atomic E-state index is 0.801. The molecule has 0 aliphatic rings. The zero-order valence-electron chi connectivity index (χ0n) is 14.1. The number of thiocarbonyl (C=S) groups is 1. The molecule has 0 heterocycles. The third-order valence-electron chi connectivity index (χ3n) is 3.87. The second-order valence-electron chi connectivity index (χ2n) is 5.74. The van der Waals surface area contributed by atoms with Crippen molar-refractivity contribution in [3.63, 3.8) is 0 Å². The lowest BCUT2D eigenvalue weighted by Crippen LogP contribution is -2.35. The van der Waals surface area contributed by atoms with Gasteiger partial charge in [-0.2, -0.15) is 0 Å². The molecular formula is C20H26N2S. The maximum atomic E-state index is 5.66. The largest absolute Gasteiger partial charge is 0.345 e. The zero-order valence-corrected chi connectivity index (χ0v) is 14.9. The maximum Gasteiger partial charge on any atom is 0.173 e. The summed E-state index contributed by atoms with van der Waals surface area (Å²) >= 11 is 5.66. The van der Waals surface area contributed by atoms with Gasteiger partial charge in [-0.05, 0) is 48.3 Å². The summed E-state index contributed by atoms with van der Waals surface area (Å²) in [7, 11) is 0. The van der Waals surface area contributed by atoms with E-state index in [1.807, 2.05) is 6.07 Å². The van der Waals surface area contributed by atoms with Crippen molar-refractivity contribution in [2.24, 2.45) is 0 Å². The third-order valence-corrected chi connectivity index (χ3v) is 4.23. The van der Waals surface area contributed by atoms with E-state index >= 15 is 0 Å². The van der Waals surface area contributed by atoms with Crippen LogP contribution >= 0.6 is 12.2 Å². The van der Waals surface area contributed by atoms with Crippen LogP contribution < -0.4 is 5.32 Å². The van der Waals surface area contributed by atoms with Gasteiger partial charge in [0.25, 0.3) is 0 Å². The van der Waals surface area contributed by atoms with Gasteiger partial charge < -0.3 is 10.2 Å². The minimum absolute atomic E-state index is 0.801. The van der Waals surface area contributed by atoms with Crippen LogP contribution in [0.25, 0.3) is 0 Å². The molecule has 0 spiro atoms. The average Bonchev–Trinajstić information content (AvgIpc) is 2.59. The first-order valence-electron chi connectivity index (χ1n) is 8.41. The highest BCUT2D eigenvalue weighted by Crippen LogP contribution is 2.14. The van der Waals surface area contributed by atoms with Gasteiger partial charge in [0.1, 0.15) is 0 Å². The fraction of sp³-hybridized carbons (Fsp3) is 0.350.